The molecule has 29 heavy (non-hydrogen) atoms. The number of rotatable bonds is 5. The number of aromatic nitrogens is 5. The number of benzene rings is 1. The normalized spacial score (nSPS) is 11.0. The Morgan fingerprint density at radius 3 is 2.72 bits per heavy atom. The van der Waals surface area contributed by atoms with Crippen molar-refractivity contribution in [3.05, 3.63) is 71.4 Å². The number of anilines is 1. The van der Waals surface area contributed by atoms with E-state index in [0.29, 0.717) is 23.1 Å². The Kier molecular flexibility index (Phi) is 4.55. The zero-order chi connectivity index (χ0) is 20.5. The lowest BCUT2D eigenvalue weighted by molar-refractivity contribution is 0.100. The maximum absolute atomic E-state index is 12.8. The molecule has 0 bridgehead atoms. The number of carbonyl (C=O) groups is 2. The number of fused-ring (bicyclic) bond motifs is 1. The van der Waals surface area contributed by atoms with Crippen molar-refractivity contribution in [2.75, 3.05) is 5.32 Å². The highest BCUT2D eigenvalue weighted by Crippen LogP contribution is 2.20. The van der Waals surface area contributed by atoms with Crippen molar-refractivity contribution < 1.29 is 9.59 Å². The van der Waals surface area contributed by atoms with E-state index in [9.17, 15) is 9.59 Å². The minimum Gasteiger partial charge on any atom is -0.366 e. The molecule has 146 valence electrons. The van der Waals surface area contributed by atoms with Crippen LogP contribution in [-0.2, 0) is 13.6 Å². The van der Waals surface area contributed by atoms with Gasteiger partial charge in [0.05, 0.1) is 40.9 Å². The Labute approximate surface area is 166 Å². The van der Waals surface area contributed by atoms with Gasteiger partial charge in [0.2, 0.25) is 5.91 Å². The molecule has 3 aromatic heterocycles. The lowest BCUT2D eigenvalue weighted by atomic mass is 10.1. The molecule has 0 radical (unpaired) electrons. The van der Waals surface area contributed by atoms with Crippen LogP contribution in [0, 0.1) is 6.92 Å². The Morgan fingerprint density at radius 2 is 2.00 bits per heavy atom. The van der Waals surface area contributed by atoms with Crippen LogP contribution >= 0.6 is 0 Å². The van der Waals surface area contributed by atoms with Gasteiger partial charge in [-0.1, -0.05) is 18.2 Å². The van der Waals surface area contributed by atoms with Crippen LogP contribution in [0.15, 0.2) is 48.8 Å². The number of amides is 2. The molecular weight excluding hydrogens is 370 g/mol. The van der Waals surface area contributed by atoms with Crippen molar-refractivity contribution in [1.82, 2.24) is 24.5 Å². The number of nitrogens with two attached hydrogens (primary N) is 1. The molecule has 4 aromatic rings. The predicted molar refractivity (Wildman–Crippen MR) is 107 cm³/mol. The summed E-state index contributed by atoms with van der Waals surface area (Å²) >= 11 is 0. The van der Waals surface area contributed by atoms with E-state index in [1.807, 2.05) is 26.2 Å². The van der Waals surface area contributed by atoms with E-state index in [1.165, 1.54) is 6.07 Å². The summed E-state index contributed by atoms with van der Waals surface area (Å²) in [5, 5.41) is 12.1. The van der Waals surface area contributed by atoms with E-state index >= 15 is 0 Å². The molecule has 3 N–H and O–H groups in total. The molecule has 0 unspecified atom stereocenters. The molecule has 0 aliphatic carbocycles. The first-order valence-electron chi connectivity index (χ1n) is 8.94. The zero-order valence-corrected chi connectivity index (χ0v) is 16.0. The van der Waals surface area contributed by atoms with E-state index in [2.05, 4.69) is 20.5 Å². The summed E-state index contributed by atoms with van der Waals surface area (Å²) < 4.78 is 3.47. The van der Waals surface area contributed by atoms with E-state index in [-0.39, 0.29) is 11.3 Å². The molecule has 9 heteroatoms. The van der Waals surface area contributed by atoms with E-state index in [0.717, 1.165) is 11.4 Å². The van der Waals surface area contributed by atoms with Crippen LogP contribution in [0.25, 0.3) is 10.9 Å². The lowest BCUT2D eigenvalue weighted by Gasteiger charge is -2.08. The van der Waals surface area contributed by atoms with Crippen molar-refractivity contribution in [2.24, 2.45) is 12.8 Å². The molecule has 0 spiro atoms. The van der Waals surface area contributed by atoms with Gasteiger partial charge in [0.15, 0.2) is 0 Å². The average molecular weight is 389 g/mol. The average Bonchev–Trinajstić information content (AvgIpc) is 3.27. The molecular formula is C20H19N7O2. The Bertz CT molecular complexity index is 1240. The van der Waals surface area contributed by atoms with Gasteiger partial charge in [-0.25, -0.2) is 4.98 Å². The van der Waals surface area contributed by atoms with E-state index in [1.54, 1.807) is 39.8 Å². The van der Waals surface area contributed by atoms with Gasteiger partial charge in [-0.15, -0.1) is 0 Å². The van der Waals surface area contributed by atoms with Gasteiger partial charge in [-0.3, -0.25) is 19.0 Å². The summed E-state index contributed by atoms with van der Waals surface area (Å²) in [6, 6.07) is 10.4. The molecule has 0 saturated heterocycles. The molecule has 0 aliphatic rings. The third-order valence-corrected chi connectivity index (χ3v) is 4.65. The van der Waals surface area contributed by atoms with Crippen molar-refractivity contribution in [3.8, 4) is 0 Å². The van der Waals surface area contributed by atoms with Crippen LogP contribution in [0.1, 0.15) is 32.2 Å². The number of aryl methyl sites for hydroxylation is 1. The standard InChI is InChI=1S/C20H19N7O2/c1-12-18(10-22-27(12)11-13-7-8-26(2)25-13)24-20(29)17-9-15(19(21)28)14-5-3-4-6-16(14)23-17/h3-10H,11H2,1-2H3,(H2,21,28)(H,24,29). The Hall–Kier alpha value is -4.01. The molecule has 2 amide bonds. The third-order valence-electron chi connectivity index (χ3n) is 4.65. The highest BCUT2D eigenvalue weighted by molar-refractivity contribution is 6.10. The number of para-hydroxylation sites is 1. The lowest BCUT2D eigenvalue weighted by Crippen LogP contribution is -2.18. The molecule has 0 fully saturated rings. The van der Waals surface area contributed by atoms with Gasteiger partial charge >= 0.3 is 0 Å². The summed E-state index contributed by atoms with van der Waals surface area (Å²) in [5.74, 6) is -1.06. The number of primary amides is 1. The molecule has 0 atom stereocenters. The number of hydrogen-bond donors (Lipinski definition) is 2. The van der Waals surface area contributed by atoms with E-state index < -0.39 is 11.8 Å². The fraction of sp³-hybridized carbons (Fsp3) is 0.150. The predicted octanol–water partition coefficient (Wildman–Crippen LogP) is 1.87. The summed E-state index contributed by atoms with van der Waals surface area (Å²) in [5.41, 5.74) is 8.56. The summed E-state index contributed by atoms with van der Waals surface area (Å²) in [4.78, 5) is 29.0. The van der Waals surface area contributed by atoms with Crippen molar-refractivity contribution >= 4 is 28.4 Å². The first-order chi connectivity index (χ1) is 13.9. The highest BCUT2D eigenvalue weighted by Gasteiger charge is 2.17. The number of nitrogens with one attached hydrogen (secondary N) is 1. The maximum atomic E-state index is 12.8. The van der Waals surface area contributed by atoms with Gasteiger partial charge in [0.1, 0.15) is 5.69 Å². The molecule has 3 heterocycles. The van der Waals surface area contributed by atoms with Crippen LogP contribution in [0.4, 0.5) is 5.69 Å². The Balaban J connectivity index is 1.61. The summed E-state index contributed by atoms with van der Waals surface area (Å²) in [6.45, 7) is 2.34. The monoisotopic (exact) mass is 389 g/mol. The van der Waals surface area contributed by atoms with Gasteiger partial charge in [0, 0.05) is 18.6 Å². The second-order valence-corrected chi connectivity index (χ2v) is 6.67. The fourth-order valence-electron chi connectivity index (χ4n) is 3.11. The van der Waals surface area contributed by atoms with Crippen molar-refractivity contribution in [2.45, 2.75) is 13.5 Å². The van der Waals surface area contributed by atoms with E-state index in [4.69, 9.17) is 5.73 Å². The second-order valence-electron chi connectivity index (χ2n) is 6.67. The minimum atomic E-state index is -0.614. The topological polar surface area (TPSA) is 121 Å². The summed E-state index contributed by atoms with van der Waals surface area (Å²) in [7, 11) is 1.85. The van der Waals surface area contributed by atoms with Gasteiger partial charge in [-0.2, -0.15) is 10.2 Å². The smallest absolute Gasteiger partial charge is 0.274 e. The number of pyridine rings is 1. The molecule has 0 saturated carbocycles. The highest BCUT2D eigenvalue weighted by atomic mass is 16.2. The quantitative estimate of drug-likeness (QED) is 0.540. The first-order valence-corrected chi connectivity index (χ1v) is 8.94. The molecule has 4 rings (SSSR count). The number of nitrogens with zero attached hydrogens (tertiary/aromatic N) is 5. The van der Waals surface area contributed by atoms with Crippen molar-refractivity contribution in [3.63, 3.8) is 0 Å². The van der Waals surface area contributed by atoms with Crippen LogP contribution < -0.4 is 11.1 Å². The van der Waals surface area contributed by atoms with Crippen LogP contribution in [0.3, 0.4) is 0 Å². The Morgan fingerprint density at radius 1 is 1.21 bits per heavy atom. The van der Waals surface area contributed by atoms with Gasteiger partial charge in [0.25, 0.3) is 5.91 Å². The first kappa shape index (κ1) is 18.4. The minimum absolute atomic E-state index is 0.106. The largest absolute Gasteiger partial charge is 0.366 e. The summed E-state index contributed by atoms with van der Waals surface area (Å²) in [6.07, 6.45) is 3.44. The fourth-order valence-corrected chi connectivity index (χ4v) is 3.11. The maximum Gasteiger partial charge on any atom is 0.274 e. The zero-order valence-electron chi connectivity index (χ0n) is 16.0. The molecule has 0 aliphatic heterocycles. The SMILES string of the molecule is Cc1c(NC(=O)c2cc(C(N)=O)c3ccccc3n2)cnn1Cc1ccn(C)n1. The number of carbonyl (C=O) groups excluding carboxylic acids is 2. The van der Waals surface area contributed by atoms with Crippen LogP contribution in [-0.4, -0.2) is 36.4 Å². The van der Waals surface area contributed by atoms with Gasteiger partial charge in [-0.05, 0) is 25.1 Å². The second kappa shape index (κ2) is 7.19. The van der Waals surface area contributed by atoms with Crippen LogP contribution in [0.2, 0.25) is 0 Å². The van der Waals surface area contributed by atoms with Gasteiger partial charge < -0.3 is 11.1 Å². The number of hydrogen-bond acceptors (Lipinski definition) is 5. The molecule has 1 aromatic carbocycles. The molecule has 9 nitrogen and oxygen atoms in total. The van der Waals surface area contributed by atoms with Crippen LogP contribution in [0.5, 0.6) is 0 Å². The third kappa shape index (κ3) is 3.57. The van der Waals surface area contributed by atoms with Crippen molar-refractivity contribution in [1.29, 1.82) is 0 Å².